The summed E-state index contributed by atoms with van der Waals surface area (Å²) in [7, 11) is 0. The number of rotatable bonds is 8. The summed E-state index contributed by atoms with van der Waals surface area (Å²) in [6.45, 7) is 2.86. The fourth-order valence-corrected chi connectivity index (χ4v) is 2.11. The predicted molar refractivity (Wildman–Crippen MR) is 72.1 cm³/mol. The van der Waals surface area contributed by atoms with Crippen LogP contribution in [0.4, 0.5) is 11.5 Å². The van der Waals surface area contributed by atoms with Crippen molar-refractivity contribution in [1.82, 2.24) is 4.98 Å². The molecule has 0 aliphatic heterocycles. The van der Waals surface area contributed by atoms with E-state index in [1.54, 1.807) is 0 Å². The number of hydrogen-bond donors (Lipinski definition) is 2. The van der Waals surface area contributed by atoms with Crippen molar-refractivity contribution < 1.29 is 10.0 Å². The number of aliphatic hydroxyl groups excluding tert-OH is 1. The Hall–Kier alpha value is -1.34. The summed E-state index contributed by atoms with van der Waals surface area (Å²) < 4.78 is 0. The standard InChI is InChI=1S/C11H17N3O3S/c1-2-4-12-10-7-9(14(16)17)8-11(13-10)18-6-3-5-15/h7-8,15H,2-6H2,1H3,(H,12,13). The highest BCUT2D eigenvalue weighted by Gasteiger charge is 2.11. The van der Waals surface area contributed by atoms with Crippen LogP contribution in [0.25, 0.3) is 0 Å². The Labute approximate surface area is 110 Å². The molecular formula is C11H17N3O3S. The van der Waals surface area contributed by atoms with Crippen LogP contribution in [0.5, 0.6) is 0 Å². The zero-order valence-corrected chi connectivity index (χ0v) is 11.1. The number of pyridine rings is 1. The maximum atomic E-state index is 10.8. The van der Waals surface area contributed by atoms with Gasteiger partial charge < -0.3 is 10.4 Å². The van der Waals surface area contributed by atoms with Gasteiger partial charge in [0.25, 0.3) is 5.69 Å². The monoisotopic (exact) mass is 271 g/mol. The molecule has 7 heteroatoms. The van der Waals surface area contributed by atoms with Gasteiger partial charge in [-0.05, 0) is 12.8 Å². The van der Waals surface area contributed by atoms with E-state index >= 15 is 0 Å². The summed E-state index contributed by atoms with van der Waals surface area (Å²) >= 11 is 1.41. The molecule has 0 fully saturated rings. The SMILES string of the molecule is CCCNc1cc([N+](=O)[O-])cc(SCCCO)n1. The van der Waals surface area contributed by atoms with Gasteiger partial charge in [0.05, 0.1) is 11.0 Å². The second kappa shape index (κ2) is 7.88. The van der Waals surface area contributed by atoms with Gasteiger partial charge in [-0.15, -0.1) is 11.8 Å². The fourth-order valence-electron chi connectivity index (χ4n) is 1.26. The lowest BCUT2D eigenvalue weighted by Gasteiger charge is -2.06. The second-order valence-corrected chi connectivity index (χ2v) is 4.77. The van der Waals surface area contributed by atoms with Crippen molar-refractivity contribution in [3.63, 3.8) is 0 Å². The smallest absolute Gasteiger partial charge is 0.275 e. The summed E-state index contributed by atoms with van der Waals surface area (Å²) in [5, 5.41) is 23.2. The van der Waals surface area contributed by atoms with E-state index in [9.17, 15) is 10.1 Å². The van der Waals surface area contributed by atoms with E-state index in [1.807, 2.05) is 6.92 Å². The van der Waals surface area contributed by atoms with E-state index in [-0.39, 0.29) is 12.3 Å². The molecule has 2 N–H and O–H groups in total. The molecule has 0 unspecified atom stereocenters. The normalized spacial score (nSPS) is 10.3. The Morgan fingerprint density at radius 1 is 1.56 bits per heavy atom. The summed E-state index contributed by atoms with van der Waals surface area (Å²) in [6, 6.07) is 2.89. The average Bonchev–Trinajstić information content (AvgIpc) is 2.36. The number of nitrogens with one attached hydrogen (secondary N) is 1. The van der Waals surface area contributed by atoms with Crippen molar-refractivity contribution >= 4 is 23.3 Å². The summed E-state index contributed by atoms with van der Waals surface area (Å²) in [5.74, 6) is 1.22. The number of thioether (sulfide) groups is 1. The number of nitrogens with zero attached hydrogens (tertiary/aromatic N) is 2. The molecule has 0 saturated carbocycles. The lowest BCUT2D eigenvalue weighted by molar-refractivity contribution is -0.385. The molecule has 0 aliphatic rings. The summed E-state index contributed by atoms with van der Waals surface area (Å²) in [6.07, 6.45) is 1.57. The molecule has 18 heavy (non-hydrogen) atoms. The van der Waals surface area contributed by atoms with Gasteiger partial charge in [-0.1, -0.05) is 6.92 Å². The van der Waals surface area contributed by atoms with Crippen LogP contribution < -0.4 is 5.32 Å². The molecule has 0 bridgehead atoms. The third-order valence-electron chi connectivity index (χ3n) is 2.11. The molecule has 1 heterocycles. The van der Waals surface area contributed by atoms with Crippen molar-refractivity contribution in [2.45, 2.75) is 24.8 Å². The van der Waals surface area contributed by atoms with Gasteiger partial charge in [-0.2, -0.15) is 0 Å². The van der Waals surface area contributed by atoms with E-state index in [1.165, 1.54) is 23.9 Å². The molecule has 0 aromatic carbocycles. The topological polar surface area (TPSA) is 88.3 Å². The highest BCUT2D eigenvalue weighted by atomic mass is 32.2. The van der Waals surface area contributed by atoms with Gasteiger partial charge in [-0.3, -0.25) is 10.1 Å². The Bertz CT molecular complexity index is 401. The minimum absolute atomic E-state index is 0.0371. The first kappa shape index (κ1) is 14.7. The highest BCUT2D eigenvalue weighted by Crippen LogP contribution is 2.24. The van der Waals surface area contributed by atoms with Crippen LogP contribution in [0.15, 0.2) is 17.2 Å². The van der Waals surface area contributed by atoms with Crippen LogP contribution >= 0.6 is 11.8 Å². The van der Waals surface area contributed by atoms with Gasteiger partial charge in [0.1, 0.15) is 10.8 Å². The Morgan fingerprint density at radius 3 is 2.94 bits per heavy atom. The van der Waals surface area contributed by atoms with Crippen molar-refractivity contribution in [2.24, 2.45) is 0 Å². The minimum atomic E-state index is -0.422. The molecule has 0 saturated heterocycles. The molecule has 0 amide bonds. The molecule has 1 aromatic rings. The first-order chi connectivity index (χ1) is 8.67. The van der Waals surface area contributed by atoms with Crippen LogP contribution in [0.3, 0.4) is 0 Å². The quantitative estimate of drug-likeness (QED) is 0.326. The van der Waals surface area contributed by atoms with E-state index in [0.717, 1.165) is 13.0 Å². The second-order valence-electron chi connectivity index (χ2n) is 3.66. The van der Waals surface area contributed by atoms with Gasteiger partial charge >= 0.3 is 0 Å². The number of aromatic nitrogens is 1. The number of nitro groups is 1. The van der Waals surface area contributed by atoms with E-state index in [0.29, 0.717) is 23.0 Å². The lowest BCUT2D eigenvalue weighted by atomic mass is 10.4. The number of aliphatic hydroxyl groups is 1. The Morgan fingerprint density at radius 2 is 2.33 bits per heavy atom. The van der Waals surface area contributed by atoms with Crippen molar-refractivity contribution in [1.29, 1.82) is 0 Å². The molecule has 1 rings (SSSR count). The van der Waals surface area contributed by atoms with Crippen LogP contribution in [-0.2, 0) is 0 Å². The van der Waals surface area contributed by atoms with Crippen molar-refractivity contribution in [3.8, 4) is 0 Å². The first-order valence-electron chi connectivity index (χ1n) is 5.81. The van der Waals surface area contributed by atoms with Gasteiger partial charge in [0.2, 0.25) is 0 Å². The molecule has 0 atom stereocenters. The summed E-state index contributed by atoms with van der Waals surface area (Å²) in [5.41, 5.74) is 0.0371. The van der Waals surface area contributed by atoms with Crippen molar-refractivity contribution in [3.05, 3.63) is 22.2 Å². The molecule has 0 aliphatic carbocycles. The minimum Gasteiger partial charge on any atom is -0.396 e. The van der Waals surface area contributed by atoms with E-state index < -0.39 is 4.92 Å². The zero-order valence-electron chi connectivity index (χ0n) is 10.3. The number of hydrogen-bond acceptors (Lipinski definition) is 6. The first-order valence-corrected chi connectivity index (χ1v) is 6.80. The lowest BCUT2D eigenvalue weighted by Crippen LogP contribution is -2.03. The maximum Gasteiger partial charge on any atom is 0.275 e. The number of anilines is 1. The predicted octanol–water partition coefficient (Wildman–Crippen LogP) is 2.29. The zero-order chi connectivity index (χ0) is 13.4. The van der Waals surface area contributed by atoms with Crippen LogP contribution in [0.2, 0.25) is 0 Å². The fraction of sp³-hybridized carbons (Fsp3) is 0.545. The third kappa shape index (κ3) is 4.89. The van der Waals surface area contributed by atoms with Crippen LogP contribution in [0, 0.1) is 10.1 Å². The molecule has 100 valence electrons. The van der Waals surface area contributed by atoms with Crippen LogP contribution in [0.1, 0.15) is 19.8 Å². The van der Waals surface area contributed by atoms with Gasteiger partial charge in [0, 0.05) is 25.0 Å². The van der Waals surface area contributed by atoms with E-state index in [2.05, 4.69) is 10.3 Å². The van der Waals surface area contributed by atoms with E-state index in [4.69, 9.17) is 5.11 Å². The average molecular weight is 271 g/mol. The molecule has 6 nitrogen and oxygen atoms in total. The Balaban J connectivity index is 2.80. The van der Waals surface area contributed by atoms with Crippen LogP contribution in [-0.4, -0.2) is 33.9 Å². The van der Waals surface area contributed by atoms with Gasteiger partial charge in [0.15, 0.2) is 0 Å². The molecule has 0 radical (unpaired) electrons. The summed E-state index contributed by atoms with van der Waals surface area (Å²) in [4.78, 5) is 14.7. The largest absolute Gasteiger partial charge is 0.396 e. The van der Waals surface area contributed by atoms with Gasteiger partial charge in [-0.25, -0.2) is 4.98 Å². The van der Waals surface area contributed by atoms with Crippen molar-refractivity contribution in [2.75, 3.05) is 24.2 Å². The third-order valence-corrected chi connectivity index (χ3v) is 3.10. The Kier molecular flexibility index (Phi) is 6.45. The maximum absolute atomic E-state index is 10.8. The highest BCUT2D eigenvalue weighted by molar-refractivity contribution is 7.99. The molecule has 0 spiro atoms. The molecular weight excluding hydrogens is 254 g/mol. The molecule has 1 aromatic heterocycles.